The molecule has 0 aromatic carbocycles. The van der Waals surface area contributed by atoms with Gasteiger partial charge in [-0.25, -0.2) is 0 Å². The summed E-state index contributed by atoms with van der Waals surface area (Å²) in [5, 5.41) is 37.3. The number of aliphatic hydroxyl groups excluding tert-OH is 4. The SMILES string of the molecule is C/C(=C\CCCOCC(O)C(O)C(O)CO)CCCC(C)CCCC(C)CCCC(C)C. The summed E-state index contributed by atoms with van der Waals surface area (Å²) in [6.07, 6.45) is 12.1. The predicted molar refractivity (Wildman–Crippen MR) is 134 cm³/mol. The smallest absolute Gasteiger partial charge is 0.110 e. The van der Waals surface area contributed by atoms with Crippen molar-refractivity contribution in [2.45, 2.75) is 124 Å². The highest BCUT2D eigenvalue weighted by Gasteiger charge is 2.23. The number of aliphatic hydroxyl groups is 4. The van der Waals surface area contributed by atoms with Crippen molar-refractivity contribution < 1.29 is 25.2 Å². The normalized spacial score (nSPS) is 17.4. The molecule has 5 atom stereocenters. The predicted octanol–water partition coefficient (Wildman–Crippen LogP) is 5.24. The van der Waals surface area contributed by atoms with Crippen LogP contribution < -0.4 is 0 Å². The molecule has 0 amide bonds. The van der Waals surface area contributed by atoms with Crippen molar-refractivity contribution in [3.63, 3.8) is 0 Å². The Balaban J connectivity index is 3.71. The van der Waals surface area contributed by atoms with Crippen LogP contribution in [-0.2, 0) is 4.74 Å². The minimum absolute atomic E-state index is 0.0461. The summed E-state index contributed by atoms with van der Waals surface area (Å²) in [4.78, 5) is 0. The lowest BCUT2D eigenvalue weighted by molar-refractivity contribution is -0.0996. The largest absolute Gasteiger partial charge is 0.394 e. The maximum Gasteiger partial charge on any atom is 0.110 e. The van der Waals surface area contributed by atoms with Crippen molar-refractivity contribution in [1.29, 1.82) is 0 Å². The van der Waals surface area contributed by atoms with Crippen molar-refractivity contribution in [3.8, 4) is 0 Å². The molecule has 0 aromatic heterocycles. The molecular formula is C27H54O5. The van der Waals surface area contributed by atoms with Gasteiger partial charge in [-0.1, -0.05) is 84.3 Å². The molecule has 0 saturated heterocycles. The minimum atomic E-state index is -1.39. The van der Waals surface area contributed by atoms with Crippen molar-refractivity contribution in [1.82, 2.24) is 0 Å². The van der Waals surface area contributed by atoms with E-state index in [2.05, 4.69) is 40.7 Å². The van der Waals surface area contributed by atoms with E-state index in [4.69, 9.17) is 9.84 Å². The van der Waals surface area contributed by atoms with E-state index in [0.29, 0.717) is 6.61 Å². The van der Waals surface area contributed by atoms with Gasteiger partial charge in [-0.05, 0) is 50.4 Å². The molecule has 4 N–H and O–H groups in total. The molecule has 5 unspecified atom stereocenters. The van der Waals surface area contributed by atoms with Gasteiger partial charge in [0.1, 0.15) is 18.3 Å². The molecule has 0 rings (SSSR count). The molecule has 32 heavy (non-hydrogen) atoms. The summed E-state index contributed by atoms with van der Waals surface area (Å²) < 4.78 is 5.36. The molecule has 0 heterocycles. The quantitative estimate of drug-likeness (QED) is 0.139. The van der Waals surface area contributed by atoms with Gasteiger partial charge in [0, 0.05) is 6.61 Å². The first kappa shape index (κ1) is 31.5. The van der Waals surface area contributed by atoms with Crippen molar-refractivity contribution in [2.24, 2.45) is 17.8 Å². The molecule has 0 aromatic rings. The van der Waals surface area contributed by atoms with Crippen LogP contribution in [-0.4, -0.2) is 58.6 Å². The fraction of sp³-hybridized carbons (Fsp3) is 0.926. The number of hydrogen-bond acceptors (Lipinski definition) is 5. The highest BCUT2D eigenvalue weighted by Crippen LogP contribution is 2.22. The molecule has 192 valence electrons. The first-order valence-corrected chi connectivity index (χ1v) is 13.1. The standard InChI is InChI=1S/C27H54O5/c1-21(2)11-8-13-23(4)15-10-17-24(5)16-9-14-22(3)12-6-7-18-32-20-26(30)27(31)25(29)19-28/h12,21,23-31H,6-11,13-20H2,1-5H3/b22-12+. The Labute approximate surface area is 198 Å². The number of allylic oxidation sites excluding steroid dienone is 2. The molecule has 0 spiro atoms. The lowest BCUT2D eigenvalue weighted by Crippen LogP contribution is -2.41. The Morgan fingerprint density at radius 2 is 1.34 bits per heavy atom. The molecule has 5 heteroatoms. The van der Waals surface area contributed by atoms with Gasteiger partial charge in [0.2, 0.25) is 0 Å². The van der Waals surface area contributed by atoms with Gasteiger partial charge in [0.05, 0.1) is 13.2 Å². The zero-order valence-corrected chi connectivity index (χ0v) is 21.6. The number of rotatable bonds is 21. The molecule has 0 bridgehead atoms. The van der Waals surface area contributed by atoms with E-state index >= 15 is 0 Å². The number of ether oxygens (including phenoxy) is 1. The molecular weight excluding hydrogens is 404 g/mol. The lowest BCUT2D eigenvalue weighted by Gasteiger charge is -2.21. The highest BCUT2D eigenvalue weighted by molar-refractivity contribution is 4.97. The van der Waals surface area contributed by atoms with Crippen LogP contribution >= 0.6 is 0 Å². The van der Waals surface area contributed by atoms with Crippen LogP contribution in [0, 0.1) is 17.8 Å². The average molecular weight is 459 g/mol. The summed E-state index contributed by atoms with van der Waals surface area (Å²) in [5.74, 6) is 2.52. The number of hydrogen-bond donors (Lipinski definition) is 4. The van der Waals surface area contributed by atoms with Gasteiger partial charge in [-0.2, -0.15) is 0 Å². The first-order chi connectivity index (χ1) is 15.2. The fourth-order valence-corrected chi connectivity index (χ4v) is 4.01. The van der Waals surface area contributed by atoms with Gasteiger partial charge in [-0.15, -0.1) is 0 Å². The average Bonchev–Trinajstić information content (AvgIpc) is 2.74. The Morgan fingerprint density at radius 3 is 1.91 bits per heavy atom. The van der Waals surface area contributed by atoms with Crippen LogP contribution in [0.3, 0.4) is 0 Å². The van der Waals surface area contributed by atoms with E-state index in [1.54, 1.807) is 0 Å². The Bertz CT molecular complexity index is 451. The molecule has 0 saturated carbocycles. The molecule has 0 aliphatic heterocycles. The van der Waals surface area contributed by atoms with E-state index in [-0.39, 0.29) is 6.61 Å². The molecule has 0 aliphatic rings. The van der Waals surface area contributed by atoms with E-state index in [1.165, 1.54) is 56.9 Å². The van der Waals surface area contributed by atoms with E-state index in [0.717, 1.165) is 37.0 Å². The van der Waals surface area contributed by atoms with Crippen LogP contribution in [0.5, 0.6) is 0 Å². The zero-order chi connectivity index (χ0) is 24.4. The van der Waals surface area contributed by atoms with Crippen molar-refractivity contribution >= 4 is 0 Å². The zero-order valence-electron chi connectivity index (χ0n) is 21.6. The maximum atomic E-state index is 9.68. The van der Waals surface area contributed by atoms with Crippen LogP contribution in [0.1, 0.15) is 105 Å². The van der Waals surface area contributed by atoms with Gasteiger partial charge in [0.15, 0.2) is 0 Å². The molecule has 0 aliphatic carbocycles. The Morgan fingerprint density at radius 1 is 0.781 bits per heavy atom. The monoisotopic (exact) mass is 458 g/mol. The van der Waals surface area contributed by atoms with Crippen LogP contribution in [0.25, 0.3) is 0 Å². The van der Waals surface area contributed by atoms with Gasteiger partial charge in [-0.3, -0.25) is 0 Å². The third kappa shape index (κ3) is 18.0. The summed E-state index contributed by atoms with van der Waals surface area (Å²) in [6.45, 7) is 11.5. The molecule has 5 nitrogen and oxygen atoms in total. The van der Waals surface area contributed by atoms with Crippen molar-refractivity contribution in [2.75, 3.05) is 19.8 Å². The molecule has 0 radical (unpaired) electrons. The number of unbranched alkanes of at least 4 members (excludes halogenated alkanes) is 1. The third-order valence-corrected chi connectivity index (χ3v) is 6.39. The Hall–Kier alpha value is -0.460. The van der Waals surface area contributed by atoms with E-state index < -0.39 is 24.9 Å². The second-order valence-corrected chi connectivity index (χ2v) is 10.4. The molecule has 0 fully saturated rings. The van der Waals surface area contributed by atoms with Gasteiger partial charge in [0.25, 0.3) is 0 Å². The second-order valence-electron chi connectivity index (χ2n) is 10.4. The van der Waals surface area contributed by atoms with Gasteiger partial charge >= 0.3 is 0 Å². The van der Waals surface area contributed by atoms with Crippen LogP contribution in [0.2, 0.25) is 0 Å². The van der Waals surface area contributed by atoms with E-state index in [1.807, 2.05) is 0 Å². The maximum absolute atomic E-state index is 9.68. The summed E-state index contributed by atoms with van der Waals surface area (Å²) in [7, 11) is 0. The minimum Gasteiger partial charge on any atom is -0.394 e. The highest BCUT2D eigenvalue weighted by atomic mass is 16.5. The summed E-state index contributed by atoms with van der Waals surface area (Å²) in [6, 6.07) is 0. The van der Waals surface area contributed by atoms with Crippen molar-refractivity contribution in [3.05, 3.63) is 11.6 Å². The third-order valence-electron chi connectivity index (χ3n) is 6.39. The lowest BCUT2D eigenvalue weighted by atomic mass is 9.91. The Kier molecular flexibility index (Phi) is 19.7. The van der Waals surface area contributed by atoms with Crippen LogP contribution in [0.4, 0.5) is 0 Å². The second kappa shape index (κ2) is 20.0. The summed E-state index contributed by atoms with van der Waals surface area (Å²) >= 11 is 0. The first-order valence-electron chi connectivity index (χ1n) is 13.1. The fourth-order valence-electron chi connectivity index (χ4n) is 4.01. The topological polar surface area (TPSA) is 90.2 Å². The van der Waals surface area contributed by atoms with Gasteiger partial charge < -0.3 is 25.2 Å². The van der Waals surface area contributed by atoms with Crippen LogP contribution in [0.15, 0.2) is 11.6 Å². The summed E-state index contributed by atoms with van der Waals surface area (Å²) in [5.41, 5.74) is 1.43. The van der Waals surface area contributed by atoms with E-state index in [9.17, 15) is 15.3 Å².